The molecule has 104 valence electrons. The van der Waals surface area contributed by atoms with Crippen molar-refractivity contribution in [3.63, 3.8) is 0 Å². The molecule has 2 aromatic rings. The highest BCUT2D eigenvalue weighted by molar-refractivity contribution is 5.92. The SMILES string of the molecule is CN(c1c[nH]c2ccccc12)C1CCC(N)(C#N)CC1. The van der Waals surface area contributed by atoms with Crippen molar-refractivity contribution in [2.24, 2.45) is 5.73 Å². The maximum atomic E-state index is 9.11. The molecule has 0 spiro atoms. The van der Waals surface area contributed by atoms with Gasteiger partial charge in [-0.25, -0.2) is 0 Å². The fraction of sp³-hybridized carbons (Fsp3) is 0.438. The van der Waals surface area contributed by atoms with E-state index in [9.17, 15) is 0 Å². The molecule has 0 atom stereocenters. The van der Waals surface area contributed by atoms with Gasteiger partial charge in [-0.2, -0.15) is 5.26 Å². The van der Waals surface area contributed by atoms with E-state index in [1.54, 1.807) is 0 Å². The topological polar surface area (TPSA) is 68.8 Å². The highest BCUT2D eigenvalue weighted by Crippen LogP contribution is 2.33. The monoisotopic (exact) mass is 268 g/mol. The minimum atomic E-state index is -0.614. The zero-order chi connectivity index (χ0) is 14.2. The molecule has 4 heteroatoms. The number of aromatic amines is 1. The lowest BCUT2D eigenvalue weighted by molar-refractivity contribution is 0.328. The van der Waals surface area contributed by atoms with Crippen LogP contribution in [0.4, 0.5) is 5.69 Å². The summed E-state index contributed by atoms with van der Waals surface area (Å²) < 4.78 is 0. The van der Waals surface area contributed by atoms with E-state index in [1.165, 1.54) is 11.1 Å². The number of fused-ring (bicyclic) bond motifs is 1. The molecule has 0 unspecified atom stereocenters. The predicted molar refractivity (Wildman–Crippen MR) is 81.5 cm³/mol. The summed E-state index contributed by atoms with van der Waals surface area (Å²) in [5.41, 5.74) is 7.82. The Morgan fingerprint density at radius 2 is 2.05 bits per heavy atom. The average Bonchev–Trinajstić information content (AvgIpc) is 2.91. The first-order valence-corrected chi connectivity index (χ1v) is 7.12. The summed E-state index contributed by atoms with van der Waals surface area (Å²) in [6, 6.07) is 11.1. The van der Waals surface area contributed by atoms with Gasteiger partial charge in [-0.3, -0.25) is 0 Å². The van der Waals surface area contributed by atoms with Crippen LogP contribution in [0.2, 0.25) is 0 Å². The first-order valence-electron chi connectivity index (χ1n) is 7.12. The molecule has 0 amide bonds. The fourth-order valence-corrected chi connectivity index (χ4v) is 3.16. The zero-order valence-corrected chi connectivity index (χ0v) is 11.8. The Morgan fingerprint density at radius 3 is 2.75 bits per heavy atom. The van der Waals surface area contributed by atoms with Crippen LogP contribution in [0.25, 0.3) is 10.9 Å². The van der Waals surface area contributed by atoms with Gasteiger partial charge >= 0.3 is 0 Å². The summed E-state index contributed by atoms with van der Waals surface area (Å²) in [5.74, 6) is 0. The smallest absolute Gasteiger partial charge is 0.104 e. The van der Waals surface area contributed by atoms with Gasteiger partial charge in [0.1, 0.15) is 5.54 Å². The van der Waals surface area contributed by atoms with Gasteiger partial charge in [-0.15, -0.1) is 0 Å². The van der Waals surface area contributed by atoms with Gasteiger partial charge in [0, 0.05) is 30.2 Å². The van der Waals surface area contributed by atoms with Crippen molar-refractivity contribution >= 4 is 16.6 Å². The Bertz CT molecular complexity index is 644. The summed E-state index contributed by atoms with van der Waals surface area (Å²) in [4.78, 5) is 5.65. The number of nitrogens with two attached hydrogens (primary N) is 1. The molecule has 3 rings (SSSR count). The summed E-state index contributed by atoms with van der Waals surface area (Å²) in [6.45, 7) is 0. The summed E-state index contributed by atoms with van der Waals surface area (Å²) >= 11 is 0. The number of nitrogens with zero attached hydrogens (tertiary/aromatic N) is 2. The van der Waals surface area contributed by atoms with Gasteiger partial charge in [0.2, 0.25) is 0 Å². The number of anilines is 1. The average molecular weight is 268 g/mol. The summed E-state index contributed by atoms with van der Waals surface area (Å²) in [6.07, 6.45) is 5.57. The molecule has 1 aromatic carbocycles. The van der Waals surface area contributed by atoms with E-state index in [0.29, 0.717) is 6.04 Å². The van der Waals surface area contributed by atoms with E-state index in [1.807, 2.05) is 6.07 Å². The molecule has 1 fully saturated rings. The third-order valence-electron chi connectivity index (χ3n) is 4.57. The minimum absolute atomic E-state index is 0.458. The first-order chi connectivity index (χ1) is 9.63. The number of benzene rings is 1. The molecule has 0 aliphatic heterocycles. The second-order valence-electron chi connectivity index (χ2n) is 5.83. The fourth-order valence-electron chi connectivity index (χ4n) is 3.16. The van der Waals surface area contributed by atoms with E-state index < -0.39 is 5.54 Å². The number of nitrogens with one attached hydrogen (secondary N) is 1. The standard InChI is InChI=1S/C16H20N4/c1-20(12-6-8-16(18,11-17)9-7-12)15-10-19-14-5-3-2-4-13(14)15/h2-5,10,12,19H,6-9,18H2,1H3. The normalized spacial score (nSPS) is 26.4. The molecular formula is C16H20N4. The number of H-pyrrole nitrogens is 1. The number of para-hydroxylation sites is 1. The number of hydrogen-bond acceptors (Lipinski definition) is 3. The quantitative estimate of drug-likeness (QED) is 0.880. The molecular weight excluding hydrogens is 248 g/mol. The lowest BCUT2D eigenvalue weighted by atomic mass is 9.80. The Kier molecular flexibility index (Phi) is 3.15. The van der Waals surface area contributed by atoms with Crippen LogP contribution in [-0.4, -0.2) is 23.6 Å². The third kappa shape index (κ3) is 2.14. The number of rotatable bonds is 2. The van der Waals surface area contributed by atoms with Crippen molar-refractivity contribution in [2.75, 3.05) is 11.9 Å². The Labute approximate surface area is 119 Å². The van der Waals surface area contributed by atoms with E-state index >= 15 is 0 Å². The van der Waals surface area contributed by atoms with E-state index in [-0.39, 0.29) is 0 Å². The third-order valence-corrected chi connectivity index (χ3v) is 4.57. The largest absolute Gasteiger partial charge is 0.370 e. The van der Waals surface area contributed by atoms with Crippen LogP contribution in [0, 0.1) is 11.3 Å². The van der Waals surface area contributed by atoms with E-state index in [2.05, 4.69) is 47.4 Å². The Balaban J connectivity index is 1.80. The second-order valence-corrected chi connectivity index (χ2v) is 5.83. The summed E-state index contributed by atoms with van der Waals surface area (Å²) in [5, 5.41) is 10.4. The highest BCUT2D eigenvalue weighted by Gasteiger charge is 2.33. The molecule has 0 bridgehead atoms. The summed E-state index contributed by atoms with van der Waals surface area (Å²) in [7, 11) is 2.14. The molecule has 1 aromatic heterocycles. The maximum Gasteiger partial charge on any atom is 0.104 e. The van der Waals surface area contributed by atoms with Crippen LogP contribution in [0.3, 0.4) is 0 Å². The minimum Gasteiger partial charge on any atom is -0.370 e. The van der Waals surface area contributed by atoms with Crippen molar-refractivity contribution in [1.82, 2.24) is 4.98 Å². The molecule has 3 N–H and O–H groups in total. The van der Waals surface area contributed by atoms with Crippen LogP contribution in [0.15, 0.2) is 30.5 Å². The van der Waals surface area contributed by atoms with Gasteiger partial charge < -0.3 is 15.6 Å². The lowest BCUT2D eigenvalue weighted by Crippen LogP contribution is -2.46. The van der Waals surface area contributed by atoms with E-state index in [4.69, 9.17) is 11.0 Å². The van der Waals surface area contributed by atoms with Crippen molar-refractivity contribution in [3.05, 3.63) is 30.5 Å². The Morgan fingerprint density at radius 1 is 1.35 bits per heavy atom. The van der Waals surface area contributed by atoms with Gasteiger partial charge in [-0.05, 0) is 31.7 Å². The van der Waals surface area contributed by atoms with Crippen LogP contribution >= 0.6 is 0 Å². The molecule has 20 heavy (non-hydrogen) atoms. The molecule has 1 saturated carbocycles. The van der Waals surface area contributed by atoms with Crippen molar-refractivity contribution in [3.8, 4) is 6.07 Å². The van der Waals surface area contributed by atoms with Gasteiger partial charge in [0.05, 0.1) is 11.8 Å². The molecule has 1 heterocycles. The van der Waals surface area contributed by atoms with Gasteiger partial charge in [0.25, 0.3) is 0 Å². The van der Waals surface area contributed by atoms with Crippen LogP contribution < -0.4 is 10.6 Å². The molecule has 1 aliphatic rings. The first kappa shape index (κ1) is 13.0. The van der Waals surface area contributed by atoms with Gasteiger partial charge in [-0.1, -0.05) is 18.2 Å². The number of hydrogen-bond donors (Lipinski definition) is 2. The Hall–Kier alpha value is -1.99. The van der Waals surface area contributed by atoms with Crippen molar-refractivity contribution < 1.29 is 0 Å². The molecule has 0 saturated heterocycles. The van der Waals surface area contributed by atoms with Crippen molar-refractivity contribution in [2.45, 2.75) is 37.3 Å². The predicted octanol–water partition coefficient (Wildman–Crippen LogP) is 2.77. The second kappa shape index (κ2) is 4.84. The number of aromatic nitrogens is 1. The van der Waals surface area contributed by atoms with Crippen LogP contribution in [0.5, 0.6) is 0 Å². The maximum absolute atomic E-state index is 9.11. The zero-order valence-electron chi connectivity index (χ0n) is 11.8. The lowest BCUT2D eigenvalue weighted by Gasteiger charge is -2.37. The van der Waals surface area contributed by atoms with Crippen LogP contribution in [-0.2, 0) is 0 Å². The van der Waals surface area contributed by atoms with Gasteiger partial charge in [0.15, 0.2) is 0 Å². The highest BCUT2D eigenvalue weighted by atomic mass is 15.1. The number of nitriles is 1. The molecule has 1 aliphatic carbocycles. The van der Waals surface area contributed by atoms with E-state index in [0.717, 1.165) is 31.2 Å². The van der Waals surface area contributed by atoms with Crippen molar-refractivity contribution in [1.29, 1.82) is 5.26 Å². The molecule has 0 radical (unpaired) electrons. The van der Waals surface area contributed by atoms with Crippen LogP contribution in [0.1, 0.15) is 25.7 Å². The molecule has 4 nitrogen and oxygen atoms in total.